The fourth-order valence-corrected chi connectivity index (χ4v) is 4.97. The predicted molar refractivity (Wildman–Crippen MR) is 123 cm³/mol. The van der Waals surface area contributed by atoms with Gasteiger partial charge in [-0.25, -0.2) is 15.0 Å². The Labute approximate surface area is 199 Å². The summed E-state index contributed by atoms with van der Waals surface area (Å²) in [6.07, 6.45) is 7.04. The van der Waals surface area contributed by atoms with Gasteiger partial charge in [-0.15, -0.1) is 0 Å². The van der Waals surface area contributed by atoms with Gasteiger partial charge in [0.2, 0.25) is 17.7 Å². The lowest BCUT2D eigenvalue weighted by atomic mass is 9.99. The van der Waals surface area contributed by atoms with Crippen LogP contribution in [0.3, 0.4) is 0 Å². The summed E-state index contributed by atoms with van der Waals surface area (Å²) in [4.78, 5) is 30.6. The van der Waals surface area contributed by atoms with Crippen LogP contribution >= 0.6 is 0 Å². The Morgan fingerprint density at radius 3 is 2.74 bits per heavy atom. The normalized spacial score (nSPS) is 20.7. The monoisotopic (exact) mass is 469 g/mol. The number of methoxy groups -OCH3 is 2. The fourth-order valence-electron chi connectivity index (χ4n) is 4.97. The van der Waals surface area contributed by atoms with Gasteiger partial charge in [0.15, 0.2) is 6.23 Å². The molecule has 0 N–H and O–H groups in total. The number of carbonyl (C=O) groups excluding carboxylic acids is 1. The van der Waals surface area contributed by atoms with E-state index in [1.54, 1.807) is 32.8 Å². The molecule has 0 radical (unpaired) electrons. The van der Waals surface area contributed by atoms with Crippen LogP contribution in [0.25, 0.3) is 0 Å². The number of likely N-dealkylation sites (tertiary alicyclic amines) is 1. The first-order valence-corrected chi connectivity index (χ1v) is 11.9. The number of pyridine rings is 1. The highest BCUT2D eigenvalue weighted by molar-refractivity contribution is 5.79. The lowest BCUT2D eigenvalue weighted by Crippen LogP contribution is -2.44. The van der Waals surface area contributed by atoms with Crippen molar-refractivity contribution in [3.05, 3.63) is 29.8 Å². The summed E-state index contributed by atoms with van der Waals surface area (Å²) in [6, 6.07) is 1.78. The molecule has 182 valence electrons. The van der Waals surface area contributed by atoms with Gasteiger partial charge in [0.1, 0.15) is 12.1 Å². The van der Waals surface area contributed by atoms with E-state index in [0.717, 1.165) is 62.1 Å². The molecule has 5 heterocycles. The Morgan fingerprint density at radius 2 is 1.94 bits per heavy atom. The van der Waals surface area contributed by atoms with E-state index in [-0.39, 0.29) is 18.1 Å². The minimum absolute atomic E-state index is 0.0165. The van der Waals surface area contributed by atoms with Crippen molar-refractivity contribution in [3.8, 4) is 17.5 Å². The van der Waals surface area contributed by atoms with Crippen molar-refractivity contribution >= 4 is 11.6 Å². The van der Waals surface area contributed by atoms with Crippen LogP contribution in [0, 0.1) is 5.92 Å². The summed E-state index contributed by atoms with van der Waals surface area (Å²) in [5.41, 5.74) is 2.79. The second-order valence-corrected chi connectivity index (χ2v) is 8.81. The highest BCUT2D eigenvalue weighted by atomic mass is 16.5. The van der Waals surface area contributed by atoms with Crippen LogP contribution in [-0.2, 0) is 22.5 Å². The van der Waals surface area contributed by atoms with E-state index in [1.165, 1.54) is 0 Å². The first kappa shape index (κ1) is 22.6. The molecular formula is C24H31N5O5. The van der Waals surface area contributed by atoms with E-state index in [0.29, 0.717) is 37.3 Å². The van der Waals surface area contributed by atoms with Crippen molar-refractivity contribution in [1.82, 2.24) is 19.9 Å². The lowest BCUT2D eigenvalue weighted by molar-refractivity contribution is -0.144. The molecule has 34 heavy (non-hydrogen) atoms. The standard InChI is InChI=1S/C24H31N5O5/c1-31-20-12-21(32-2)25-13-19(20)28-9-5-18-17(14-28)23(27-15-26-18)34-22-4-3-8-29(22)24(30)16-6-10-33-11-7-16/h12-13,15-16,22H,3-11,14H2,1-2H3. The zero-order chi connectivity index (χ0) is 23.5. The van der Waals surface area contributed by atoms with Crippen LogP contribution in [-0.4, -0.2) is 72.5 Å². The molecule has 10 heteroatoms. The van der Waals surface area contributed by atoms with Gasteiger partial charge < -0.3 is 28.7 Å². The number of amides is 1. The van der Waals surface area contributed by atoms with Crippen molar-refractivity contribution < 1.29 is 23.7 Å². The van der Waals surface area contributed by atoms with Gasteiger partial charge in [-0.3, -0.25) is 4.79 Å². The molecule has 10 nitrogen and oxygen atoms in total. The quantitative estimate of drug-likeness (QED) is 0.630. The van der Waals surface area contributed by atoms with Crippen molar-refractivity contribution in [2.45, 2.75) is 44.9 Å². The van der Waals surface area contributed by atoms with E-state index in [1.807, 2.05) is 4.90 Å². The van der Waals surface area contributed by atoms with Gasteiger partial charge in [0, 0.05) is 51.1 Å². The lowest BCUT2D eigenvalue weighted by Gasteiger charge is -2.33. The second-order valence-electron chi connectivity index (χ2n) is 8.81. The Bertz CT molecular complexity index is 1030. The Hall–Kier alpha value is -3.14. The number of ether oxygens (including phenoxy) is 4. The number of aromatic nitrogens is 3. The van der Waals surface area contributed by atoms with Gasteiger partial charge in [-0.2, -0.15) is 0 Å². The molecule has 5 rings (SSSR count). The molecule has 0 spiro atoms. The zero-order valence-corrected chi connectivity index (χ0v) is 19.7. The number of fused-ring (bicyclic) bond motifs is 1. The largest absolute Gasteiger partial charge is 0.494 e. The summed E-state index contributed by atoms with van der Waals surface area (Å²) in [5.74, 6) is 1.93. The average molecular weight is 470 g/mol. The molecule has 2 saturated heterocycles. The first-order valence-electron chi connectivity index (χ1n) is 11.9. The minimum Gasteiger partial charge on any atom is -0.494 e. The van der Waals surface area contributed by atoms with Crippen LogP contribution in [0.5, 0.6) is 17.5 Å². The molecule has 0 aliphatic carbocycles. The van der Waals surface area contributed by atoms with E-state index < -0.39 is 0 Å². The molecular weight excluding hydrogens is 438 g/mol. The van der Waals surface area contributed by atoms with Gasteiger partial charge in [-0.1, -0.05) is 0 Å². The smallest absolute Gasteiger partial charge is 0.228 e. The van der Waals surface area contributed by atoms with Gasteiger partial charge in [0.25, 0.3) is 0 Å². The topological polar surface area (TPSA) is 99.1 Å². The maximum absolute atomic E-state index is 13.2. The van der Waals surface area contributed by atoms with Crippen molar-refractivity contribution in [2.75, 3.05) is 45.4 Å². The Morgan fingerprint density at radius 1 is 1.09 bits per heavy atom. The molecule has 3 aliphatic heterocycles. The van der Waals surface area contributed by atoms with Crippen LogP contribution in [0.1, 0.15) is 36.9 Å². The summed E-state index contributed by atoms with van der Waals surface area (Å²) in [5, 5.41) is 0. The third kappa shape index (κ3) is 4.46. The zero-order valence-electron chi connectivity index (χ0n) is 19.7. The number of anilines is 1. The molecule has 0 saturated carbocycles. The van der Waals surface area contributed by atoms with Gasteiger partial charge in [0.05, 0.1) is 43.9 Å². The summed E-state index contributed by atoms with van der Waals surface area (Å²) in [7, 11) is 3.22. The SMILES string of the molecule is COc1cc(OC)c(N2CCc3ncnc(OC4CCCN4C(=O)C4CCOCC4)c3C2)cn1. The van der Waals surface area contributed by atoms with Gasteiger partial charge >= 0.3 is 0 Å². The molecule has 1 amide bonds. The molecule has 1 unspecified atom stereocenters. The Balaban J connectivity index is 1.35. The maximum Gasteiger partial charge on any atom is 0.228 e. The van der Waals surface area contributed by atoms with Crippen LogP contribution in [0.4, 0.5) is 5.69 Å². The fraction of sp³-hybridized carbons (Fsp3) is 0.583. The van der Waals surface area contributed by atoms with E-state index >= 15 is 0 Å². The van der Waals surface area contributed by atoms with E-state index in [9.17, 15) is 4.79 Å². The van der Waals surface area contributed by atoms with Crippen LogP contribution in [0.15, 0.2) is 18.6 Å². The summed E-state index contributed by atoms with van der Waals surface area (Å²) < 4.78 is 22.7. The predicted octanol–water partition coefficient (Wildman–Crippen LogP) is 2.21. The highest BCUT2D eigenvalue weighted by Crippen LogP contribution is 2.36. The number of hydrogen-bond acceptors (Lipinski definition) is 9. The molecule has 2 fully saturated rings. The van der Waals surface area contributed by atoms with Crippen LogP contribution < -0.4 is 19.1 Å². The van der Waals surface area contributed by atoms with Crippen LogP contribution in [0.2, 0.25) is 0 Å². The molecule has 1 atom stereocenters. The third-order valence-corrected chi connectivity index (χ3v) is 6.85. The molecule has 2 aromatic heterocycles. The number of hydrogen-bond donors (Lipinski definition) is 0. The molecule has 0 aromatic carbocycles. The van der Waals surface area contributed by atoms with E-state index in [4.69, 9.17) is 18.9 Å². The Kier molecular flexibility index (Phi) is 6.66. The number of carbonyl (C=O) groups is 1. The summed E-state index contributed by atoms with van der Waals surface area (Å²) in [6.45, 7) is 3.35. The molecule has 3 aliphatic rings. The highest BCUT2D eigenvalue weighted by Gasteiger charge is 2.36. The average Bonchev–Trinajstić information content (AvgIpc) is 3.36. The van der Waals surface area contributed by atoms with Gasteiger partial charge in [-0.05, 0) is 19.3 Å². The minimum atomic E-state index is -0.304. The van der Waals surface area contributed by atoms with Crippen molar-refractivity contribution in [3.63, 3.8) is 0 Å². The number of rotatable bonds is 6. The molecule has 0 bridgehead atoms. The van der Waals surface area contributed by atoms with Crippen molar-refractivity contribution in [2.24, 2.45) is 5.92 Å². The second kappa shape index (κ2) is 10.0. The molecule has 2 aromatic rings. The maximum atomic E-state index is 13.2. The van der Waals surface area contributed by atoms with E-state index in [2.05, 4.69) is 19.9 Å². The first-order chi connectivity index (χ1) is 16.7. The third-order valence-electron chi connectivity index (χ3n) is 6.85. The summed E-state index contributed by atoms with van der Waals surface area (Å²) >= 11 is 0. The number of nitrogens with zero attached hydrogens (tertiary/aromatic N) is 5. The van der Waals surface area contributed by atoms with Crippen molar-refractivity contribution in [1.29, 1.82) is 0 Å².